The van der Waals surface area contributed by atoms with Crippen LogP contribution in [0.1, 0.15) is 11.3 Å². The molecule has 3 rings (SSSR count). The Morgan fingerprint density at radius 1 is 1.25 bits per heavy atom. The van der Waals surface area contributed by atoms with Gasteiger partial charge in [0.25, 0.3) is 0 Å². The number of nitrogens with zero attached hydrogens (tertiary/aromatic N) is 2. The largest absolute Gasteiger partial charge is 0.394 e. The predicted octanol–water partition coefficient (Wildman–Crippen LogP) is 2.34. The summed E-state index contributed by atoms with van der Waals surface area (Å²) in [6.07, 6.45) is 3.43. The molecule has 2 N–H and O–H groups in total. The summed E-state index contributed by atoms with van der Waals surface area (Å²) in [5, 5.41) is 1.12. The van der Waals surface area contributed by atoms with Crippen LogP contribution < -0.4 is 11.2 Å². The smallest absolute Gasteiger partial charge is 0.204 e. The maximum atomic E-state index is 11.3. The van der Waals surface area contributed by atoms with E-state index >= 15 is 0 Å². The average Bonchev–Trinajstić information content (AvgIpc) is 2.43. The second-order valence-electron chi connectivity index (χ2n) is 4.88. The van der Waals surface area contributed by atoms with E-state index in [0.29, 0.717) is 6.54 Å². The molecule has 0 spiro atoms. The second-order valence-corrected chi connectivity index (χ2v) is 4.88. The number of pyridine rings is 2. The fourth-order valence-electron chi connectivity index (χ4n) is 2.37. The molecule has 2 aromatic heterocycles. The Balaban J connectivity index is 2.10. The molecule has 0 aliphatic carbocycles. The van der Waals surface area contributed by atoms with Gasteiger partial charge in [-0.15, -0.1) is 0 Å². The van der Waals surface area contributed by atoms with Crippen LogP contribution in [0.2, 0.25) is 0 Å². The molecule has 0 atom stereocenters. The van der Waals surface area contributed by atoms with Crippen molar-refractivity contribution in [3.05, 3.63) is 70.3 Å². The summed E-state index contributed by atoms with van der Waals surface area (Å²) >= 11 is 0. The summed E-state index contributed by atoms with van der Waals surface area (Å²) in [6.45, 7) is 2.64. The Kier molecular flexibility index (Phi) is 2.99. The highest BCUT2D eigenvalue weighted by molar-refractivity contribution is 5.82. The molecule has 0 saturated carbocycles. The number of aryl methyl sites for hydroxylation is 1. The van der Waals surface area contributed by atoms with E-state index in [1.165, 1.54) is 6.07 Å². The molecule has 0 fully saturated rings. The predicted molar refractivity (Wildman–Crippen MR) is 80.7 cm³/mol. The van der Waals surface area contributed by atoms with E-state index in [0.717, 1.165) is 22.2 Å². The number of aromatic nitrogens is 2. The van der Waals surface area contributed by atoms with E-state index in [-0.39, 0.29) is 11.1 Å². The highest BCUT2D eigenvalue weighted by atomic mass is 16.1. The van der Waals surface area contributed by atoms with Crippen LogP contribution in [0, 0.1) is 6.92 Å². The highest BCUT2D eigenvalue weighted by Gasteiger charge is 2.04. The molecule has 0 amide bonds. The third-order valence-electron chi connectivity index (χ3n) is 3.29. The lowest BCUT2D eigenvalue weighted by atomic mass is 10.1. The zero-order chi connectivity index (χ0) is 14.1. The summed E-state index contributed by atoms with van der Waals surface area (Å²) in [6, 6.07) is 11.6. The number of para-hydroxylation sites is 1. The zero-order valence-corrected chi connectivity index (χ0v) is 11.2. The molecule has 0 radical (unpaired) electrons. The zero-order valence-electron chi connectivity index (χ0n) is 11.2. The van der Waals surface area contributed by atoms with Gasteiger partial charge in [0.2, 0.25) is 5.43 Å². The summed E-state index contributed by atoms with van der Waals surface area (Å²) in [5.41, 5.74) is 8.92. The Labute approximate surface area is 116 Å². The Hall–Kier alpha value is -2.62. The van der Waals surface area contributed by atoms with Gasteiger partial charge in [0, 0.05) is 36.1 Å². The highest BCUT2D eigenvalue weighted by Crippen LogP contribution is 2.19. The number of anilines is 1. The number of nitrogens with two attached hydrogens (primary N) is 1. The van der Waals surface area contributed by atoms with Gasteiger partial charge in [-0.1, -0.05) is 18.2 Å². The second kappa shape index (κ2) is 4.81. The van der Waals surface area contributed by atoms with E-state index in [4.69, 9.17) is 5.73 Å². The van der Waals surface area contributed by atoms with E-state index in [2.05, 4.69) is 17.1 Å². The van der Waals surface area contributed by atoms with Crippen molar-refractivity contribution in [1.29, 1.82) is 0 Å². The van der Waals surface area contributed by atoms with Crippen LogP contribution in [-0.2, 0) is 6.54 Å². The molecule has 4 heteroatoms. The van der Waals surface area contributed by atoms with Crippen molar-refractivity contribution in [2.24, 2.45) is 0 Å². The molecule has 0 unspecified atom stereocenters. The van der Waals surface area contributed by atoms with Crippen LogP contribution in [0.5, 0.6) is 0 Å². The molecule has 100 valence electrons. The van der Waals surface area contributed by atoms with Crippen LogP contribution >= 0.6 is 0 Å². The Bertz CT molecular complexity index is 836. The van der Waals surface area contributed by atoms with Crippen LogP contribution in [-0.4, -0.2) is 9.55 Å². The van der Waals surface area contributed by atoms with E-state index in [1.54, 1.807) is 12.4 Å². The minimum absolute atomic E-state index is 0.142. The number of benzene rings is 1. The fourth-order valence-corrected chi connectivity index (χ4v) is 2.37. The molecule has 0 aliphatic rings. The molecule has 3 aromatic rings. The van der Waals surface area contributed by atoms with Crippen LogP contribution in [0.25, 0.3) is 10.9 Å². The molecule has 0 aliphatic heterocycles. The summed E-state index contributed by atoms with van der Waals surface area (Å²) in [4.78, 5) is 15.9. The molecule has 0 saturated heterocycles. The Morgan fingerprint density at radius 2 is 2.05 bits per heavy atom. The molecule has 20 heavy (non-hydrogen) atoms. The molecular weight excluding hydrogens is 250 g/mol. The van der Waals surface area contributed by atoms with Gasteiger partial charge in [0.15, 0.2) is 0 Å². The van der Waals surface area contributed by atoms with Crippen molar-refractivity contribution in [3.8, 4) is 0 Å². The van der Waals surface area contributed by atoms with Crippen molar-refractivity contribution < 1.29 is 0 Å². The topological polar surface area (TPSA) is 60.9 Å². The van der Waals surface area contributed by atoms with Crippen LogP contribution in [0.3, 0.4) is 0 Å². The lowest BCUT2D eigenvalue weighted by Gasteiger charge is -2.11. The molecular formula is C16H15N3O. The third kappa shape index (κ3) is 2.28. The number of nitrogen functional groups attached to an aromatic ring is 1. The van der Waals surface area contributed by atoms with E-state index in [1.807, 2.05) is 29.7 Å². The van der Waals surface area contributed by atoms with Crippen molar-refractivity contribution >= 4 is 16.6 Å². The van der Waals surface area contributed by atoms with Gasteiger partial charge in [-0.25, -0.2) is 0 Å². The molecule has 2 heterocycles. The normalized spacial score (nSPS) is 10.8. The standard InChI is InChI=1S/C16H15N3O/c1-11-8-12(13-4-2-3-5-15(13)18-11)9-19-7-6-16(20)14(17)10-19/h2-8,10H,9,17H2,1H3. The molecule has 1 aromatic carbocycles. The van der Waals surface area contributed by atoms with Crippen molar-refractivity contribution in [3.63, 3.8) is 0 Å². The summed E-state index contributed by atoms with van der Waals surface area (Å²) < 4.78 is 1.91. The van der Waals surface area contributed by atoms with Gasteiger partial charge >= 0.3 is 0 Å². The lowest BCUT2D eigenvalue weighted by molar-refractivity contribution is 0.794. The first-order valence-electron chi connectivity index (χ1n) is 6.44. The maximum Gasteiger partial charge on any atom is 0.204 e. The SMILES string of the molecule is Cc1cc(Cn2ccc(=O)c(N)c2)c2ccccc2n1. The minimum atomic E-state index is -0.142. The van der Waals surface area contributed by atoms with Gasteiger partial charge in [-0.2, -0.15) is 0 Å². The first-order chi connectivity index (χ1) is 9.63. The van der Waals surface area contributed by atoms with Gasteiger partial charge in [-0.05, 0) is 24.6 Å². The third-order valence-corrected chi connectivity index (χ3v) is 3.29. The number of hydrogen-bond acceptors (Lipinski definition) is 3. The van der Waals surface area contributed by atoms with Gasteiger partial charge < -0.3 is 10.3 Å². The monoisotopic (exact) mass is 265 g/mol. The van der Waals surface area contributed by atoms with Crippen molar-refractivity contribution in [2.75, 3.05) is 5.73 Å². The first kappa shape index (κ1) is 12.4. The van der Waals surface area contributed by atoms with E-state index < -0.39 is 0 Å². The number of rotatable bonds is 2. The average molecular weight is 265 g/mol. The number of hydrogen-bond donors (Lipinski definition) is 1. The van der Waals surface area contributed by atoms with Gasteiger partial charge in [-0.3, -0.25) is 9.78 Å². The van der Waals surface area contributed by atoms with Crippen LogP contribution in [0.15, 0.2) is 53.6 Å². The molecule has 4 nitrogen and oxygen atoms in total. The summed E-state index contributed by atoms with van der Waals surface area (Å²) in [7, 11) is 0. The van der Waals surface area contributed by atoms with Crippen molar-refractivity contribution in [1.82, 2.24) is 9.55 Å². The minimum Gasteiger partial charge on any atom is -0.394 e. The molecule has 0 bridgehead atoms. The van der Waals surface area contributed by atoms with Crippen molar-refractivity contribution in [2.45, 2.75) is 13.5 Å². The number of fused-ring (bicyclic) bond motifs is 1. The van der Waals surface area contributed by atoms with Gasteiger partial charge in [0.05, 0.1) is 11.2 Å². The summed E-state index contributed by atoms with van der Waals surface area (Å²) in [5.74, 6) is 0. The first-order valence-corrected chi connectivity index (χ1v) is 6.44. The lowest BCUT2D eigenvalue weighted by Crippen LogP contribution is -2.11. The van der Waals surface area contributed by atoms with Gasteiger partial charge in [0.1, 0.15) is 0 Å². The maximum absolute atomic E-state index is 11.3. The quantitative estimate of drug-likeness (QED) is 0.773. The van der Waals surface area contributed by atoms with E-state index in [9.17, 15) is 4.79 Å². The fraction of sp³-hybridized carbons (Fsp3) is 0.125. The van der Waals surface area contributed by atoms with Crippen LogP contribution in [0.4, 0.5) is 5.69 Å². The Morgan fingerprint density at radius 3 is 2.85 bits per heavy atom.